The zero-order chi connectivity index (χ0) is 9.68. The molecule has 0 aliphatic rings. The smallest absolute Gasteiger partial charge is 0.419 e. The van der Waals surface area contributed by atoms with Crippen molar-refractivity contribution in [1.82, 2.24) is 9.55 Å². The third-order valence-electron chi connectivity index (χ3n) is 1.41. The molecule has 0 saturated heterocycles. The Balaban J connectivity index is 2.67. The number of rotatable bonds is 3. The number of carbonyl (C=O) groups is 2. The van der Waals surface area contributed by atoms with Crippen molar-refractivity contribution in [1.29, 1.82) is 0 Å². The molecule has 0 fully saturated rings. The van der Waals surface area contributed by atoms with Crippen molar-refractivity contribution in [3.8, 4) is 0 Å². The van der Waals surface area contributed by atoms with Gasteiger partial charge in [-0.1, -0.05) is 0 Å². The lowest BCUT2D eigenvalue weighted by atomic mass is 10.4. The second kappa shape index (κ2) is 4.39. The maximum Gasteiger partial charge on any atom is 0.419 e. The molecule has 1 rings (SSSR count). The average molecular weight is 182 g/mol. The highest BCUT2D eigenvalue weighted by Crippen LogP contribution is 1.97. The fourth-order valence-corrected chi connectivity index (χ4v) is 0.852. The number of ether oxygens (including phenoxy) is 1. The number of aldehydes is 1. The Bertz CT molecular complexity index is 306. The molecule has 0 unspecified atom stereocenters. The predicted molar refractivity (Wildman–Crippen MR) is 44.4 cm³/mol. The van der Waals surface area contributed by atoms with Crippen molar-refractivity contribution >= 4 is 12.4 Å². The lowest BCUT2D eigenvalue weighted by Crippen LogP contribution is -2.11. The van der Waals surface area contributed by atoms with Crippen LogP contribution in [0.15, 0.2) is 12.5 Å². The Morgan fingerprint density at radius 1 is 1.77 bits per heavy atom. The first-order valence-electron chi connectivity index (χ1n) is 3.91. The highest BCUT2D eigenvalue weighted by Gasteiger charge is 2.05. The maximum absolute atomic E-state index is 11.1. The minimum Gasteiger partial charge on any atom is -0.449 e. The van der Waals surface area contributed by atoms with Gasteiger partial charge in [-0.15, -0.1) is 0 Å². The molecule has 5 heteroatoms. The standard InChI is InChI=1S/C8H10N2O3/c1-2-13-8(12)10-5-7(3-4-11)9-6-10/h4-6H,2-3H2,1H3. The monoisotopic (exact) mass is 182 g/mol. The third kappa shape index (κ3) is 2.40. The summed E-state index contributed by atoms with van der Waals surface area (Å²) >= 11 is 0. The topological polar surface area (TPSA) is 61.2 Å². The molecule has 1 aromatic heterocycles. The number of imidazole rings is 1. The molecular weight excluding hydrogens is 172 g/mol. The highest BCUT2D eigenvalue weighted by molar-refractivity contribution is 5.70. The first-order chi connectivity index (χ1) is 6.27. The second-order valence-corrected chi connectivity index (χ2v) is 2.34. The minimum absolute atomic E-state index is 0.215. The van der Waals surface area contributed by atoms with Crippen LogP contribution >= 0.6 is 0 Å². The van der Waals surface area contributed by atoms with Crippen molar-refractivity contribution in [3.63, 3.8) is 0 Å². The van der Waals surface area contributed by atoms with Gasteiger partial charge < -0.3 is 9.53 Å². The molecule has 0 aliphatic heterocycles. The van der Waals surface area contributed by atoms with Crippen LogP contribution in [0, 0.1) is 0 Å². The molecule has 0 atom stereocenters. The van der Waals surface area contributed by atoms with Gasteiger partial charge in [0.1, 0.15) is 12.6 Å². The van der Waals surface area contributed by atoms with E-state index in [4.69, 9.17) is 4.74 Å². The summed E-state index contributed by atoms with van der Waals surface area (Å²) < 4.78 is 5.93. The van der Waals surface area contributed by atoms with Crippen LogP contribution in [0.1, 0.15) is 12.6 Å². The predicted octanol–water partition coefficient (Wildman–Crippen LogP) is 0.629. The number of carbonyl (C=O) groups excluding carboxylic acids is 2. The number of hydrogen-bond acceptors (Lipinski definition) is 4. The Kier molecular flexibility index (Phi) is 3.19. The van der Waals surface area contributed by atoms with E-state index in [1.54, 1.807) is 6.92 Å². The summed E-state index contributed by atoms with van der Waals surface area (Å²) in [5.41, 5.74) is 0.558. The summed E-state index contributed by atoms with van der Waals surface area (Å²) in [6, 6.07) is 0. The van der Waals surface area contributed by atoms with Gasteiger partial charge in [0.15, 0.2) is 0 Å². The molecule has 0 N–H and O–H groups in total. The Morgan fingerprint density at radius 3 is 3.15 bits per heavy atom. The summed E-state index contributed by atoms with van der Waals surface area (Å²) in [5.74, 6) is 0. The Morgan fingerprint density at radius 2 is 2.54 bits per heavy atom. The van der Waals surface area contributed by atoms with Crippen molar-refractivity contribution in [2.45, 2.75) is 13.3 Å². The second-order valence-electron chi connectivity index (χ2n) is 2.34. The van der Waals surface area contributed by atoms with Gasteiger partial charge >= 0.3 is 6.09 Å². The molecule has 0 amide bonds. The first kappa shape index (κ1) is 9.44. The van der Waals surface area contributed by atoms with E-state index < -0.39 is 6.09 Å². The Labute approximate surface area is 75.3 Å². The van der Waals surface area contributed by atoms with Gasteiger partial charge in [0.25, 0.3) is 0 Å². The molecule has 13 heavy (non-hydrogen) atoms. The van der Waals surface area contributed by atoms with Crippen molar-refractivity contribution < 1.29 is 14.3 Å². The molecule has 1 heterocycles. The number of nitrogens with zero attached hydrogens (tertiary/aromatic N) is 2. The van der Waals surface area contributed by atoms with Crippen LogP contribution in [0.4, 0.5) is 4.79 Å². The maximum atomic E-state index is 11.1. The average Bonchev–Trinajstić information content (AvgIpc) is 2.54. The normalized spacial score (nSPS) is 9.62. The summed E-state index contributed by atoms with van der Waals surface area (Å²) in [5, 5.41) is 0. The molecule has 70 valence electrons. The van der Waals surface area contributed by atoms with Crippen LogP contribution in [-0.4, -0.2) is 28.5 Å². The van der Waals surface area contributed by atoms with E-state index in [1.807, 2.05) is 0 Å². The third-order valence-corrected chi connectivity index (χ3v) is 1.41. The fraction of sp³-hybridized carbons (Fsp3) is 0.375. The van der Waals surface area contributed by atoms with E-state index in [0.29, 0.717) is 12.3 Å². The van der Waals surface area contributed by atoms with Gasteiger partial charge in [0.2, 0.25) is 0 Å². The quantitative estimate of drug-likeness (QED) is 0.643. The summed E-state index contributed by atoms with van der Waals surface area (Å²) in [6.45, 7) is 2.04. The molecule has 0 aliphatic carbocycles. The van der Waals surface area contributed by atoms with E-state index in [0.717, 1.165) is 6.29 Å². The van der Waals surface area contributed by atoms with Gasteiger partial charge in [0, 0.05) is 12.6 Å². The molecule has 0 radical (unpaired) electrons. The SMILES string of the molecule is CCOC(=O)n1cnc(CC=O)c1. The lowest BCUT2D eigenvalue weighted by Gasteiger charge is -1.99. The van der Waals surface area contributed by atoms with Crippen LogP contribution in [0.3, 0.4) is 0 Å². The molecule has 5 nitrogen and oxygen atoms in total. The zero-order valence-electron chi connectivity index (χ0n) is 7.27. The highest BCUT2D eigenvalue weighted by atomic mass is 16.5. The number of aromatic nitrogens is 2. The molecule has 0 saturated carbocycles. The van der Waals surface area contributed by atoms with E-state index in [9.17, 15) is 9.59 Å². The first-order valence-corrected chi connectivity index (χ1v) is 3.91. The summed E-state index contributed by atoms with van der Waals surface area (Å²) in [7, 11) is 0. The fourth-order valence-electron chi connectivity index (χ4n) is 0.852. The molecule has 0 spiro atoms. The Hall–Kier alpha value is -1.65. The van der Waals surface area contributed by atoms with Gasteiger partial charge in [-0.2, -0.15) is 0 Å². The summed E-state index contributed by atoms with van der Waals surface area (Å²) in [4.78, 5) is 25.0. The van der Waals surface area contributed by atoms with Crippen LogP contribution < -0.4 is 0 Å². The van der Waals surface area contributed by atoms with Gasteiger partial charge in [-0.05, 0) is 6.92 Å². The van der Waals surface area contributed by atoms with E-state index in [-0.39, 0.29) is 6.42 Å². The van der Waals surface area contributed by atoms with Crippen molar-refractivity contribution in [3.05, 3.63) is 18.2 Å². The largest absolute Gasteiger partial charge is 0.449 e. The van der Waals surface area contributed by atoms with Crippen molar-refractivity contribution in [2.24, 2.45) is 0 Å². The van der Waals surface area contributed by atoms with E-state index >= 15 is 0 Å². The van der Waals surface area contributed by atoms with Crippen molar-refractivity contribution in [2.75, 3.05) is 6.61 Å². The van der Waals surface area contributed by atoms with Crippen LogP contribution in [0.5, 0.6) is 0 Å². The van der Waals surface area contributed by atoms with E-state index in [1.165, 1.54) is 17.1 Å². The van der Waals surface area contributed by atoms with Gasteiger partial charge in [-0.25, -0.2) is 14.3 Å². The van der Waals surface area contributed by atoms with Crippen LogP contribution in [0.25, 0.3) is 0 Å². The number of hydrogen-bond donors (Lipinski definition) is 0. The lowest BCUT2D eigenvalue weighted by molar-refractivity contribution is -0.107. The van der Waals surface area contributed by atoms with E-state index in [2.05, 4.69) is 4.98 Å². The minimum atomic E-state index is -0.479. The summed E-state index contributed by atoms with van der Waals surface area (Å²) in [6.07, 6.45) is 3.28. The van der Waals surface area contributed by atoms with Crippen LogP contribution in [0.2, 0.25) is 0 Å². The molecule has 0 aromatic carbocycles. The molecular formula is C8H10N2O3. The molecule has 0 bridgehead atoms. The van der Waals surface area contributed by atoms with Crippen LogP contribution in [-0.2, 0) is 16.0 Å². The molecule has 1 aromatic rings. The van der Waals surface area contributed by atoms with Gasteiger partial charge in [-0.3, -0.25) is 0 Å². The van der Waals surface area contributed by atoms with Gasteiger partial charge in [0.05, 0.1) is 12.3 Å². The zero-order valence-corrected chi connectivity index (χ0v) is 7.27.